The average Bonchev–Trinajstić information content (AvgIpc) is 2.08. The zero-order valence-corrected chi connectivity index (χ0v) is 10.5. The van der Waals surface area contributed by atoms with Crippen molar-refractivity contribution in [2.45, 2.75) is 41.5 Å². The van der Waals surface area contributed by atoms with Gasteiger partial charge in [0, 0.05) is 0 Å². The van der Waals surface area contributed by atoms with Gasteiger partial charge in [0.25, 0.3) is 0 Å². The molecule has 2 unspecified atom stereocenters. The number of allylic oxidation sites excluding steroid dienone is 4. The van der Waals surface area contributed by atoms with Gasteiger partial charge in [-0.15, -0.1) is 0 Å². The van der Waals surface area contributed by atoms with Gasteiger partial charge in [-0.1, -0.05) is 59.3 Å². The first-order valence-corrected chi connectivity index (χ1v) is 5.87. The molecule has 0 heteroatoms. The molecule has 1 aliphatic carbocycles. The lowest BCUT2D eigenvalue weighted by molar-refractivity contribution is 0.460. The van der Waals surface area contributed by atoms with Crippen molar-refractivity contribution < 1.29 is 0 Å². The maximum Gasteiger partial charge on any atom is -0.0163 e. The summed E-state index contributed by atoms with van der Waals surface area (Å²) in [4.78, 5) is 0. The summed E-state index contributed by atoms with van der Waals surface area (Å²) in [6.45, 7) is 13.9. The Morgan fingerprint density at radius 2 is 1.57 bits per heavy atom. The topological polar surface area (TPSA) is 0 Å². The Labute approximate surface area is 89.1 Å². The van der Waals surface area contributed by atoms with Gasteiger partial charge in [-0.2, -0.15) is 0 Å². The normalized spacial score (nSPS) is 28.0. The molecule has 0 saturated carbocycles. The molecule has 0 aromatic carbocycles. The molecule has 0 radical (unpaired) electrons. The molecule has 0 nitrogen and oxygen atoms in total. The Hall–Kier alpha value is -0.520. The summed E-state index contributed by atoms with van der Waals surface area (Å²) in [6.07, 6.45) is 4.72. The van der Waals surface area contributed by atoms with E-state index in [1.54, 1.807) is 11.1 Å². The minimum atomic E-state index is 0.665. The first kappa shape index (κ1) is 11.6. The Morgan fingerprint density at radius 1 is 1.00 bits per heavy atom. The minimum absolute atomic E-state index is 0.665. The molecule has 0 saturated heterocycles. The third kappa shape index (κ3) is 2.10. The van der Waals surface area contributed by atoms with Crippen molar-refractivity contribution >= 4 is 0 Å². The van der Waals surface area contributed by atoms with Gasteiger partial charge < -0.3 is 0 Å². The molecule has 0 spiro atoms. The van der Waals surface area contributed by atoms with Crippen molar-refractivity contribution in [3.05, 3.63) is 23.3 Å². The van der Waals surface area contributed by atoms with Crippen molar-refractivity contribution in [2.24, 2.45) is 23.7 Å². The molecular weight excluding hydrogens is 168 g/mol. The van der Waals surface area contributed by atoms with Crippen LogP contribution in [0.15, 0.2) is 23.3 Å². The van der Waals surface area contributed by atoms with Gasteiger partial charge >= 0.3 is 0 Å². The summed E-state index contributed by atoms with van der Waals surface area (Å²) in [5.74, 6) is 2.78. The van der Waals surface area contributed by atoms with E-state index >= 15 is 0 Å². The van der Waals surface area contributed by atoms with Crippen LogP contribution in [0.4, 0.5) is 0 Å². The van der Waals surface area contributed by atoms with Gasteiger partial charge in [0.1, 0.15) is 0 Å². The third-order valence-electron chi connectivity index (χ3n) is 3.44. The van der Waals surface area contributed by atoms with Crippen LogP contribution in [-0.4, -0.2) is 0 Å². The first-order valence-electron chi connectivity index (χ1n) is 5.87. The highest BCUT2D eigenvalue weighted by molar-refractivity contribution is 5.34. The Kier molecular flexibility index (Phi) is 3.58. The summed E-state index contributed by atoms with van der Waals surface area (Å²) in [5.41, 5.74) is 3.25. The van der Waals surface area contributed by atoms with Crippen LogP contribution >= 0.6 is 0 Å². The van der Waals surface area contributed by atoms with Gasteiger partial charge in [0.15, 0.2) is 0 Å². The lowest BCUT2D eigenvalue weighted by Gasteiger charge is -2.31. The highest BCUT2D eigenvalue weighted by Crippen LogP contribution is 2.36. The number of rotatable bonds is 2. The molecule has 80 valence electrons. The fourth-order valence-electron chi connectivity index (χ4n) is 2.45. The van der Waals surface area contributed by atoms with Crippen molar-refractivity contribution in [1.29, 1.82) is 0 Å². The zero-order chi connectivity index (χ0) is 10.9. The van der Waals surface area contributed by atoms with Gasteiger partial charge in [-0.05, 0) is 29.2 Å². The maximum atomic E-state index is 2.37. The van der Waals surface area contributed by atoms with Crippen LogP contribution in [0.25, 0.3) is 0 Å². The van der Waals surface area contributed by atoms with Crippen LogP contribution < -0.4 is 0 Å². The monoisotopic (exact) mass is 192 g/mol. The molecule has 0 aliphatic heterocycles. The zero-order valence-electron chi connectivity index (χ0n) is 10.5. The van der Waals surface area contributed by atoms with Gasteiger partial charge in [0.2, 0.25) is 0 Å². The van der Waals surface area contributed by atoms with E-state index in [0.29, 0.717) is 17.8 Å². The molecule has 0 N–H and O–H groups in total. The van der Waals surface area contributed by atoms with Crippen molar-refractivity contribution in [3.63, 3.8) is 0 Å². The van der Waals surface area contributed by atoms with Crippen LogP contribution in [0.2, 0.25) is 0 Å². The SMILES string of the molecule is CC(C)C1=C(C(C)C)C(C)C(C)C=C1. The van der Waals surface area contributed by atoms with Gasteiger partial charge in [0.05, 0.1) is 0 Å². The second kappa shape index (κ2) is 4.33. The standard InChI is InChI=1S/C14H24/c1-9(2)13-8-7-11(5)12(6)14(13)10(3)4/h7-12H,1-6H3. The summed E-state index contributed by atoms with van der Waals surface area (Å²) in [5, 5.41) is 0. The Morgan fingerprint density at radius 3 is 2.00 bits per heavy atom. The lowest BCUT2D eigenvalue weighted by Crippen LogP contribution is -2.19. The molecule has 0 fully saturated rings. The number of hydrogen-bond donors (Lipinski definition) is 0. The van der Waals surface area contributed by atoms with E-state index in [2.05, 4.69) is 53.7 Å². The minimum Gasteiger partial charge on any atom is -0.0808 e. The molecule has 0 amide bonds. The fraction of sp³-hybridized carbons (Fsp3) is 0.714. The maximum absolute atomic E-state index is 2.37. The second-order valence-corrected chi connectivity index (χ2v) is 5.23. The van der Waals surface area contributed by atoms with Crippen LogP contribution in [0.5, 0.6) is 0 Å². The van der Waals surface area contributed by atoms with Crippen molar-refractivity contribution in [1.82, 2.24) is 0 Å². The molecule has 1 rings (SSSR count). The van der Waals surface area contributed by atoms with Crippen LogP contribution in [0, 0.1) is 23.7 Å². The van der Waals surface area contributed by atoms with Gasteiger partial charge in [-0.3, -0.25) is 0 Å². The molecule has 0 aromatic heterocycles. The van der Waals surface area contributed by atoms with Crippen molar-refractivity contribution in [3.8, 4) is 0 Å². The van der Waals surface area contributed by atoms with E-state index in [1.165, 1.54) is 0 Å². The lowest BCUT2D eigenvalue weighted by atomic mass is 9.74. The highest BCUT2D eigenvalue weighted by Gasteiger charge is 2.24. The molecular formula is C14H24. The Balaban J connectivity index is 3.11. The van der Waals surface area contributed by atoms with Crippen LogP contribution in [0.3, 0.4) is 0 Å². The Bertz CT molecular complexity index is 253. The summed E-state index contributed by atoms with van der Waals surface area (Å²) < 4.78 is 0. The predicted octanol–water partition coefficient (Wildman–Crippen LogP) is 4.44. The molecule has 0 bridgehead atoms. The predicted molar refractivity (Wildman–Crippen MR) is 64.2 cm³/mol. The van der Waals surface area contributed by atoms with E-state index in [9.17, 15) is 0 Å². The summed E-state index contributed by atoms with van der Waals surface area (Å²) in [6, 6.07) is 0. The number of hydrogen-bond acceptors (Lipinski definition) is 0. The average molecular weight is 192 g/mol. The molecule has 2 atom stereocenters. The van der Waals surface area contributed by atoms with E-state index in [1.807, 2.05) is 0 Å². The smallest absolute Gasteiger partial charge is 0.0163 e. The molecule has 14 heavy (non-hydrogen) atoms. The van der Waals surface area contributed by atoms with E-state index < -0.39 is 0 Å². The van der Waals surface area contributed by atoms with Crippen LogP contribution in [-0.2, 0) is 0 Å². The molecule has 0 heterocycles. The van der Waals surface area contributed by atoms with E-state index in [0.717, 1.165) is 5.92 Å². The van der Waals surface area contributed by atoms with Gasteiger partial charge in [-0.25, -0.2) is 0 Å². The van der Waals surface area contributed by atoms with Crippen molar-refractivity contribution in [2.75, 3.05) is 0 Å². The quantitative estimate of drug-likeness (QED) is 0.607. The highest BCUT2D eigenvalue weighted by atomic mass is 14.3. The fourth-order valence-corrected chi connectivity index (χ4v) is 2.45. The van der Waals surface area contributed by atoms with Crippen LogP contribution in [0.1, 0.15) is 41.5 Å². The molecule has 0 aromatic rings. The summed E-state index contributed by atoms with van der Waals surface area (Å²) in [7, 11) is 0. The first-order chi connectivity index (χ1) is 6.45. The van der Waals surface area contributed by atoms with E-state index in [-0.39, 0.29) is 0 Å². The largest absolute Gasteiger partial charge is 0.0808 e. The summed E-state index contributed by atoms with van der Waals surface area (Å²) >= 11 is 0. The third-order valence-corrected chi connectivity index (χ3v) is 3.44. The van der Waals surface area contributed by atoms with E-state index in [4.69, 9.17) is 0 Å². The molecule has 1 aliphatic rings. The second-order valence-electron chi connectivity index (χ2n) is 5.23.